The molecule has 0 aromatic rings. The lowest BCUT2D eigenvalue weighted by molar-refractivity contribution is -0.138. The van der Waals surface area contributed by atoms with Gasteiger partial charge < -0.3 is 19.6 Å². The Morgan fingerprint density at radius 3 is 2.38 bits per heavy atom. The Balaban J connectivity index is 2.27. The minimum atomic E-state index is -0.826. The monoisotopic (exact) mass is 301 g/mol. The molecule has 0 saturated carbocycles. The van der Waals surface area contributed by atoms with Crippen LogP contribution in [0.25, 0.3) is 0 Å². The summed E-state index contributed by atoms with van der Waals surface area (Å²) in [7, 11) is 3.92. The number of morpholine rings is 1. The second kappa shape index (κ2) is 9.70. The molecule has 0 aromatic carbocycles. The number of carboxylic acid groups (broad SMARTS) is 1. The lowest BCUT2D eigenvalue weighted by Crippen LogP contribution is -2.41. The molecular weight excluding hydrogens is 274 g/mol. The quantitative estimate of drug-likeness (QED) is 0.623. The SMILES string of the molecule is CN(C)CCN(CCCC(=O)N1CCOCC1)CC(=O)O. The van der Waals surface area contributed by atoms with Crippen molar-refractivity contribution in [2.45, 2.75) is 12.8 Å². The zero-order chi connectivity index (χ0) is 15.7. The van der Waals surface area contributed by atoms with E-state index in [1.807, 2.05) is 28.8 Å². The first kappa shape index (κ1) is 17.9. The van der Waals surface area contributed by atoms with E-state index in [1.165, 1.54) is 0 Å². The van der Waals surface area contributed by atoms with E-state index >= 15 is 0 Å². The predicted molar refractivity (Wildman–Crippen MR) is 79.3 cm³/mol. The molecule has 1 fully saturated rings. The van der Waals surface area contributed by atoms with Crippen LogP contribution in [0.5, 0.6) is 0 Å². The highest BCUT2D eigenvalue weighted by atomic mass is 16.5. The van der Waals surface area contributed by atoms with Gasteiger partial charge in [-0.3, -0.25) is 14.5 Å². The van der Waals surface area contributed by atoms with Gasteiger partial charge in [0.15, 0.2) is 0 Å². The van der Waals surface area contributed by atoms with Crippen molar-refractivity contribution in [2.24, 2.45) is 0 Å². The van der Waals surface area contributed by atoms with Crippen LogP contribution in [0, 0.1) is 0 Å². The topological polar surface area (TPSA) is 73.3 Å². The molecule has 0 radical (unpaired) electrons. The van der Waals surface area contributed by atoms with Crippen molar-refractivity contribution in [3.05, 3.63) is 0 Å². The van der Waals surface area contributed by atoms with E-state index < -0.39 is 5.97 Å². The number of rotatable bonds is 9. The van der Waals surface area contributed by atoms with Crippen LogP contribution in [0.3, 0.4) is 0 Å². The number of carbonyl (C=O) groups is 2. The molecule has 0 spiro atoms. The fraction of sp³-hybridized carbons (Fsp3) is 0.857. The van der Waals surface area contributed by atoms with Gasteiger partial charge in [0.2, 0.25) is 5.91 Å². The van der Waals surface area contributed by atoms with E-state index in [1.54, 1.807) is 0 Å². The fourth-order valence-corrected chi connectivity index (χ4v) is 2.23. The number of ether oxygens (including phenoxy) is 1. The van der Waals surface area contributed by atoms with Crippen LogP contribution in [0.15, 0.2) is 0 Å². The first-order valence-electron chi connectivity index (χ1n) is 7.43. The maximum absolute atomic E-state index is 12.0. The summed E-state index contributed by atoms with van der Waals surface area (Å²) in [5.41, 5.74) is 0. The van der Waals surface area contributed by atoms with Crippen molar-refractivity contribution >= 4 is 11.9 Å². The van der Waals surface area contributed by atoms with Gasteiger partial charge in [-0.1, -0.05) is 0 Å². The summed E-state index contributed by atoms with van der Waals surface area (Å²) in [5, 5.41) is 8.92. The normalized spacial score (nSPS) is 15.7. The molecule has 21 heavy (non-hydrogen) atoms. The van der Waals surface area contributed by atoms with E-state index in [4.69, 9.17) is 9.84 Å². The number of likely N-dealkylation sites (N-methyl/N-ethyl adjacent to an activating group) is 1. The van der Waals surface area contributed by atoms with E-state index in [9.17, 15) is 9.59 Å². The van der Waals surface area contributed by atoms with Crippen molar-refractivity contribution in [3.8, 4) is 0 Å². The maximum Gasteiger partial charge on any atom is 0.317 e. The molecule has 1 amide bonds. The van der Waals surface area contributed by atoms with Gasteiger partial charge in [-0.15, -0.1) is 0 Å². The Morgan fingerprint density at radius 2 is 1.81 bits per heavy atom. The molecule has 122 valence electrons. The number of carboxylic acids is 1. The fourth-order valence-electron chi connectivity index (χ4n) is 2.23. The van der Waals surface area contributed by atoms with E-state index in [0.717, 1.165) is 6.54 Å². The average Bonchev–Trinajstić information content (AvgIpc) is 2.44. The highest BCUT2D eigenvalue weighted by Gasteiger charge is 2.17. The van der Waals surface area contributed by atoms with Gasteiger partial charge in [0, 0.05) is 32.6 Å². The second-order valence-corrected chi connectivity index (χ2v) is 5.57. The predicted octanol–water partition coefficient (Wildman–Crippen LogP) is -0.426. The molecule has 0 aromatic heterocycles. The Labute approximate surface area is 126 Å². The Morgan fingerprint density at radius 1 is 1.14 bits per heavy atom. The zero-order valence-electron chi connectivity index (χ0n) is 13.1. The summed E-state index contributed by atoms with van der Waals surface area (Å²) in [4.78, 5) is 28.6. The molecule has 0 aliphatic carbocycles. The second-order valence-electron chi connectivity index (χ2n) is 5.57. The molecule has 1 rings (SSSR count). The minimum Gasteiger partial charge on any atom is -0.480 e. The molecule has 0 bridgehead atoms. The molecule has 1 saturated heterocycles. The number of carbonyl (C=O) groups excluding carboxylic acids is 1. The molecule has 0 unspecified atom stereocenters. The van der Waals surface area contributed by atoms with Crippen molar-refractivity contribution in [2.75, 3.05) is 66.6 Å². The molecule has 0 atom stereocenters. The Bertz CT molecular complexity index is 330. The van der Waals surface area contributed by atoms with E-state index in [2.05, 4.69) is 0 Å². The number of hydrogen-bond acceptors (Lipinski definition) is 5. The first-order chi connectivity index (χ1) is 9.99. The van der Waals surface area contributed by atoms with Crippen LogP contribution in [0.1, 0.15) is 12.8 Å². The zero-order valence-corrected chi connectivity index (χ0v) is 13.1. The molecule has 7 nitrogen and oxygen atoms in total. The minimum absolute atomic E-state index is 0.0274. The van der Waals surface area contributed by atoms with Gasteiger partial charge in [-0.2, -0.15) is 0 Å². The van der Waals surface area contributed by atoms with Gasteiger partial charge in [-0.05, 0) is 27.1 Å². The smallest absolute Gasteiger partial charge is 0.317 e. The summed E-state index contributed by atoms with van der Waals surface area (Å²) < 4.78 is 5.22. The van der Waals surface area contributed by atoms with Gasteiger partial charge in [0.1, 0.15) is 0 Å². The molecule has 1 aliphatic heterocycles. The molecule has 7 heteroatoms. The Hall–Kier alpha value is -1.18. The average molecular weight is 301 g/mol. The van der Waals surface area contributed by atoms with Crippen LogP contribution in [-0.2, 0) is 14.3 Å². The van der Waals surface area contributed by atoms with Gasteiger partial charge in [0.25, 0.3) is 0 Å². The summed E-state index contributed by atoms with van der Waals surface area (Å²) in [6.07, 6.45) is 1.16. The highest BCUT2D eigenvalue weighted by Crippen LogP contribution is 2.03. The number of aliphatic carboxylic acids is 1. The molecular formula is C14H27N3O4. The third kappa shape index (κ3) is 7.99. The molecule has 1 heterocycles. The summed E-state index contributed by atoms with van der Waals surface area (Å²) in [6.45, 7) is 4.72. The van der Waals surface area contributed by atoms with Crippen molar-refractivity contribution in [1.29, 1.82) is 0 Å². The largest absolute Gasteiger partial charge is 0.480 e. The van der Waals surface area contributed by atoms with Crippen molar-refractivity contribution in [3.63, 3.8) is 0 Å². The van der Waals surface area contributed by atoms with Crippen LogP contribution < -0.4 is 0 Å². The van der Waals surface area contributed by atoms with Crippen molar-refractivity contribution < 1.29 is 19.4 Å². The molecule has 1 aliphatic rings. The Kier molecular flexibility index (Phi) is 8.26. The van der Waals surface area contributed by atoms with Gasteiger partial charge in [-0.25, -0.2) is 0 Å². The summed E-state index contributed by atoms with van der Waals surface area (Å²) in [6, 6.07) is 0. The third-order valence-corrected chi connectivity index (χ3v) is 3.45. The third-order valence-electron chi connectivity index (χ3n) is 3.45. The molecule has 1 N–H and O–H groups in total. The summed E-state index contributed by atoms with van der Waals surface area (Å²) in [5.74, 6) is -0.686. The highest BCUT2D eigenvalue weighted by molar-refractivity contribution is 5.76. The first-order valence-corrected chi connectivity index (χ1v) is 7.43. The van der Waals surface area contributed by atoms with Crippen LogP contribution in [0.2, 0.25) is 0 Å². The van der Waals surface area contributed by atoms with Crippen LogP contribution >= 0.6 is 0 Å². The maximum atomic E-state index is 12.0. The van der Waals surface area contributed by atoms with Crippen LogP contribution in [0.4, 0.5) is 0 Å². The van der Waals surface area contributed by atoms with Gasteiger partial charge >= 0.3 is 5.97 Å². The lowest BCUT2D eigenvalue weighted by atomic mass is 10.2. The number of nitrogens with zero attached hydrogens (tertiary/aromatic N) is 3. The van der Waals surface area contributed by atoms with Gasteiger partial charge in [0.05, 0.1) is 19.8 Å². The number of hydrogen-bond donors (Lipinski definition) is 1. The van der Waals surface area contributed by atoms with Crippen molar-refractivity contribution in [1.82, 2.24) is 14.7 Å². The van der Waals surface area contributed by atoms with Crippen LogP contribution in [-0.4, -0.2) is 98.3 Å². The lowest BCUT2D eigenvalue weighted by Gasteiger charge is -2.27. The summed E-state index contributed by atoms with van der Waals surface area (Å²) >= 11 is 0. The van der Waals surface area contributed by atoms with E-state index in [0.29, 0.717) is 52.2 Å². The van der Waals surface area contributed by atoms with E-state index in [-0.39, 0.29) is 12.5 Å². The number of amides is 1. The standard InChI is InChI=1S/C14H27N3O4/c1-15(2)6-7-16(12-14(19)20)5-3-4-13(18)17-8-10-21-11-9-17/h3-12H2,1-2H3,(H,19,20).